The number of nitrogens with two attached hydrogens (primary N) is 1. The lowest BCUT2D eigenvalue weighted by molar-refractivity contribution is 0.254. The molecular formula is C11H19N5O2S. The summed E-state index contributed by atoms with van der Waals surface area (Å²) in [6.45, 7) is 1.02. The maximum absolute atomic E-state index is 12.2. The van der Waals surface area contributed by atoms with Crippen LogP contribution in [-0.4, -0.2) is 42.1 Å². The van der Waals surface area contributed by atoms with Gasteiger partial charge >= 0.3 is 0 Å². The minimum atomic E-state index is -3.51. The molecule has 1 aromatic heterocycles. The summed E-state index contributed by atoms with van der Waals surface area (Å²) in [5.41, 5.74) is 6.23. The van der Waals surface area contributed by atoms with Crippen molar-refractivity contribution in [2.45, 2.75) is 31.8 Å². The van der Waals surface area contributed by atoms with E-state index in [9.17, 15) is 8.42 Å². The van der Waals surface area contributed by atoms with Gasteiger partial charge in [-0.05, 0) is 25.0 Å². The lowest BCUT2D eigenvalue weighted by atomic mass is 10.1. The molecule has 2 heterocycles. The maximum atomic E-state index is 12.2. The molecule has 1 unspecified atom stereocenters. The maximum Gasteiger partial charge on any atom is 0.280 e. The third-order valence-corrected chi connectivity index (χ3v) is 4.82. The van der Waals surface area contributed by atoms with Crippen molar-refractivity contribution in [3.8, 4) is 0 Å². The molecule has 1 fully saturated rings. The summed E-state index contributed by atoms with van der Waals surface area (Å²) in [4.78, 5) is 0. The van der Waals surface area contributed by atoms with Gasteiger partial charge in [0.05, 0.1) is 12.2 Å². The zero-order chi connectivity index (χ0) is 13.7. The Balaban J connectivity index is 2.01. The monoisotopic (exact) mass is 285 g/mol. The Bertz CT molecular complexity index is 493. The van der Waals surface area contributed by atoms with Gasteiger partial charge in [0.25, 0.3) is 10.2 Å². The number of aromatic nitrogens is 2. The molecule has 19 heavy (non-hydrogen) atoms. The van der Waals surface area contributed by atoms with E-state index in [1.165, 1.54) is 4.31 Å². The van der Waals surface area contributed by atoms with E-state index in [-0.39, 0.29) is 12.6 Å². The average Bonchev–Trinajstić information content (AvgIpc) is 2.46. The number of hydrogen-bond donors (Lipinski definition) is 2. The third-order valence-electron chi connectivity index (χ3n) is 3.22. The van der Waals surface area contributed by atoms with Crippen molar-refractivity contribution >= 4 is 10.2 Å². The fraction of sp³-hybridized carbons (Fsp3) is 0.636. The number of nitrogens with one attached hydrogen (secondary N) is 1. The Morgan fingerprint density at radius 1 is 1.47 bits per heavy atom. The minimum Gasteiger partial charge on any atom is -0.329 e. The average molecular weight is 285 g/mol. The highest BCUT2D eigenvalue weighted by Crippen LogP contribution is 2.18. The summed E-state index contributed by atoms with van der Waals surface area (Å²) in [5, 5.41) is 7.56. The number of rotatable bonds is 5. The largest absolute Gasteiger partial charge is 0.329 e. The topological polar surface area (TPSA) is 101 Å². The smallest absolute Gasteiger partial charge is 0.280 e. The van der Waals surface area contributed by atoms with E-state index in [1.807, 2.05) is 0 Å². The van der Waals surface area contributed by atoms with Crippen LogP contribution in [0.25, 0.3) is 0 Å². The van der Waals surface area contributed by atoms with Gasteiger partial charge in [0.15, 0.2) is 0 Å². The van der Waals surface area contributed by atoms with Crippen molar-refractivity contribution in [1.82, 2.24) is 19.2 Å². The van der Waals surface area contributed by atoms with Crippen LogP contribution in [0.15, 0.2) is 18.3 Å². The lowest BCUT2D eigenvalue weighted by Gasteiger charge is -2.33. The van der Waals surface area contributed by atoms with Crippen LogP contribution in [0.3, 0.4) is 0 Å². The second kappa shape index (κ2) is 6.38. The first-order chi connectivity index (χ1) is 9.13. The summed E-state index contributed by atoms with van der Waals surface area (Å²) in [5.74, 6) is 0. The van der Waals surface area contributed by atoms with Crippen LogP contribution in [0.5, 0.6) is 0 Å². The van der Waals surface area contributed by atoms with Crippen molar-refractivity contribution in [2.75, 3.05) is 13.1 Å². The summed E-state index contributed by atoms with van der Waals surface area (Å²) in [7, 11) is -3.51. The minimum absolute atomic E-state index is 0.104. The van der Waals surface area contributed by atoms with Crippen molar-refractivity contribution in [1.29, 1.82) is 0 Å². The van der Waals surface area contributed by atoms with Gasteiger partial charge in [0.2, 0.25) is 0 Å². The summed E-state index contributed by atoms with van der Waals surface area (Å²) in [6, 6.07) is 3.35. The Kier molecular flexibility index (Phi) is 4.81. The molecule has 0 aromatic carbocycles. The molecule has 0 amide bonds. The van der Waals surface area contributed by atoms with E-state index in [1.54, 1.807) is 18.3 Å². The molecule has 106 valence electrons. The summed E-state index contributed by atoms with van der Waals surface area (Å²) >= 11 is 0. The molecule has 0 saturated carbocycles. The van der Waals surface area contributed by atoms with E-state index in [2.05, 4.69) is 14.9 Å². The van der Waals surface area contributed by atoms with Gasteiger partial charge in [-0.25, -0.2) is 0 Å². The van der Waals surface area contributed by atoms with Crippen molar-refractivity contribution in [2.24, 2.45) is 5.73 Å². The molecule has 3 N–H and O–H groups in total. The fourth-order valence-electron chi connectivity index (χ4n) is 2.20. The standard InChI is InChI=1S/C11H19N5O2S/c12-8-11-5-1-2-7-16(11)19(17,18)14-9-10-4-3-6-13-15-10/h3-4,6,11,14H,1-2,5,7-9,12H2. The van der Waals surface area contributed by atoms with Gasteiger partial charge in [-0.1, -0.05) is 6.42 Å². The van der Waals surface area contributed by atoms with Gasteiger partial charge in [0.1, 0.15) is 0 Å². The lowest BCUT2D eigenvalue weighted by Crippen LogP contribution is -2.51. The van der Waals surface area contributed by atoms with E-state index in [4.69, 9.17) is 5.73 Å². The third kappa shape index (κ3) is 3.69. The van der Waals surface area contributed by atoms with Crippen LogP contribution in [0.2, 0.25) is 0 Å². The van der Waals surface area contributed by atoms with Gasteiger partial charge in [-0.2, -0.15) is 27.6 Å². The Morgan fingerprint density at radius 2 is 2.32 bits per heavy atom. The highest BCUT2D eigenvalue weighted by atomic mass is 32.2. The van der Waals surface area contributed by atoms with Crippen molar-refractivity contribution in [3.05, 3.63) is 24.0 Å². The Hall–Kier alpha value is -1.09. The second-order valence-corrected chi connectivity index (χ2v) is 6.24. The van der Waals surface area contributed by atoms with Crippen molar-refractivity contribution < 1.29 is 8.42 Å². The van der Waals surface area contributed by atoms with Crippen LogP contribution in [-0.2, 0) is 16.8 Å². The van der Waals surface area contributed by atoms with Crippen LogP contribution in [0, 0.1) is 0 Å². The molecule has 1 aliphatic heterocycles. The van der Waals surface area contributed by atoms with Gasteiger partial charge in [-0.3, -0.25) is 0 Å². The van der Waals surface area contributed by atoms with Crippen LogP contribution >= 0.6 is 0 Å². The molecule has 1 aromatic rings. The molecule has 2 rings (SSSR count). The molecule has 0 spiro atoms. The van der Waals surface area contributed by atoms with Gasteiger partial charge in [-0.15, -0.1) is 0 Å². The molecule has 1 saturated heterocycles. The normalized spacial score (nSPS) is 21.4. The number of hydrogen-bond acceptors (Lipinski definition) is 5. The van der Waals surface area contributed by atoms with Crippen molar-refractivity contribution in [3.63, 3.8) is 0 Å². The van der Waals surface area contributed by atoms with E-state index in [0.29, 0.717) is 18.8 Å². The fourth-order valence-corrected chi connectivity index (χ4v) is 3.65. The van der Waals surface area contributed by atoms with E-state index < -0.39 is 10.2 Å². The molecule has 7 nitrogen and oxygen atoms in total. The molecule has 0 bridgehead atoms. The molecule has 1 aliphatic rings. The van der Waals surface area contributed by atoms with Crippen LogP contribution in [0.1, 0.15) is 25.0 Å². The number of piperidine rings is 1. The first-order valence-electron chi connectivity index (χ1n) is 6.36. The zero-order valence-electron chi connectivity index (χ0n) is 10.7. The Labute approximate surface area is 113 Å². The van der Waals surface area contributed by atoms with E-state index >= 15 is 0 Å². The molecule has 0 radical (unpaired) electrons. The predicted molar refractivity (Wildman–Crippen MR) is 71.2 cm³/mol. The zero-order valence-corrected chi connectivity index (χ0v) is 11.5. The van der Waals surface area contributed by atoms with Crippen LogP contribution < -0.4 is 10.5 Å². The quantitative estimate of drug-likeness (QED) is 0.768. The highest BCUT2D eigenvalue weighted by molar-refractivity contribution is 7.87. The highest BCUT2D eigenvalue weighted by Gasteiger charge is 2.31. The summed E-state index contributed by atoms with van der Waals surface area (Å²) < 4.78 is 28.5. The SMILES string of the molecule is NCC1CCCCN1S(=O)(=O)NCc1cccnn1. The first-order valence-corrected chi connectivity index (χ1v) is 7.80. The van der Waals surface area contributed by atoms with Gasteiger partial charge < -0.3 is 5.73 Å². The summed E-state index contributed by atoms with van der Waals surface area (Å²) in [6.07, 6.45) is 4.27. The van der Waals surface area contributed by atoms with Crippen LogP contribution in [0.4, 0.5) is 0 Å². The molecule has 8 heteroatoms. The number of nitrogens with zero attached hydrogens (tertiary/aromatic N) is 3. The molecule has 0 aliphatic carbocycles. The Morgan fingerprint density at radius 3 is 3.00 bits per heavy atom. The van der Waals surface area contributed by atoms with Gasteiger partial charge in [0, 0.05) is 25.3 Å². The second-order valence-electron chi connectivity index (χ2n) is 4.54. The van der Waals surface area contributed by atoms with E-state index in [0.717, 1.165) is 19.3 Å². The first kappa shape index (κ1) is 14.3. The molecular weight excluding hydrogens is 266 g/mol. The predicted octanol–water partition coefficient (Wildman–Crippen LogP) is -0.376. The molecule has 1 atom stereocenters.